The van der Waals surface area contributed by atoms with Crippen LogP contribution in [-0.4, -0.2) is 25.7 Å². The van der Waals surface area contributed by atoms with Gasteiger partial charge in [0.2, 0.25) is 0 Å². The predicted molar refractivity (Wildman–Crippen MR) is 67.1 cm³/mol. The van der Waals surface area contributed by atoms with Crippen LogP contribution in [0, 0.1) is 18.3 Å². The summed E-state index contributed by atoms with van der Waals surface area (Å²) in [6.07, 6.45) is 0.695. The number of methoxy groups -OCH3 is 1. The Morgan fingerprint density at radius 3 is 2.88 bits per heavy atom. The smallest absolute Gasteiger partial charge is 0.142 e. The van der Waals surface area contributed by atoms with Gasteiger partial charge in [0.05, 0.1) is 18.9 Å². The number of nitriles is 1. The lowest BCUT2D eigenvalue weighted by Gasteiger charge is -2.22. The first kappa shape index (κ1) is 11.7. The number of ether oxygens (including phenoxy) is 1. The molecule has 0 radical (unpaired) electrons. The van der Waals surface area contributed by atoms with E-state index in [0.29, 0.717) is 13.0 Å². The lowest BCUT2D eigenvalue weighted by atomic mass is 10.0. The van der Waals surface area contributed by atoms with Crippen molar-refractivity contribution in [3.63, 3.8) is 0 Å². The molecule has 0 aromatic heterocycles. The molecule has 0 saturated carbocycles. The molecule has 4 heteroatoms. The van der Waals surface area contributed by atoms with Crippen LogP contribution in [0.25, 0.3) is 0 Å². The van der Waals surface area contributed by atoms with E-state index in [1.54, 1.807) is 7.11 Å². The summed E-state index contributed by atoms with van der Waals surface area (Å²) >= 11 is 0. The zero-order chi connectivity index (χ0) is 12.5. The van der Waals surface area contributed by atoms with Gasteiger partial charge in [-0.25, -0.2) is 0 Å². The number of hydrogen-bond donors (Lipinski definition) is 1. The Kier molecular flexibility index (Phi) is 2.95. The third kappa shape index (κ3) is 2.20. The van der Waals surface area contributed by atoms with Crippen molar-refractivity contribution in [2.75, 3.05) is 25.1 Å². The normalized spacial score (nSPS) is 23.5. The molecule has 1 aliphatic rings. The molecule has 0 spiro atoms. The molecule has 1 fully saturated rings. The van der Waals surface area contributed by atoms with E-state index in [1.165, 1.54) is 5.56 Å². The van der Waals surface area contributed by atoms with E-state index in [9.17, 15) is 0 Å². The van der Waals surface area contributed by atoms with Crippen LogP contribution in [0.2, 0.25) is 0 Å². The van der Waals surface area contributed by atoms with Crippen molar-refractivity contribution in [1.82, 2.24) is 0 Å². The highest BCUT2D eigenvalue weighted by Crippen LogP contribution is 2.33. The van der Waals surface area contributed by atoms with Gasteiger partial charge in [-0.1, -0.05) is 6.07 Å². The number of aryl methyl sites for hydroxylation is 1. The molecule has 2 N–H and O–H groups in total. The van der Waals surface area contributed by atoms with E-state index in [4.69, 9.17) is 15.7 Å². The molecule has 1 atom stereocenters. The second kappa shape index (κ2) is 4.27. The number of hydrogen-bond acceptors (Lipinski definition) is 4. The fourth-order valence-corrected chi connectivity index (χ4v) is 2.18. The van der Waals surface area contributed by atoms with Gasteiger partial charge in [-0.15, -0.1) is 0 Å². The average Bonchev–Trinajstić information content (AvgIpc) is 2.73. The largest absolute Gasteiger partial charge is 0.495 e. The summed E-state index contributed by atoms with van der Waals surface area (Å²) < 4.78 is 5.35. The molecule has 1 aliphatic heterocycles. The van der Waals surface area contributed by atoms with Crippen LogP contribution in [0.15, 0.2) is 18.2 Å². The molecule has 1 heterocycles. The Labute approximate surface area is 102 Å². The summed E-state index contributed by atoms with van der Waals surface area (Å²) in [5.74, 6) is 0.831. The molecule has 0 aliphatic carbocycles. The Bertz CT molecular complexity index is 466. The van der Waals surface area contributed by atoms with E-state index in [2.05, 4.69) is 17.0 Å². The van der Waals surface area contributed by atoms with Crippen molar-refractivity contribution >= 4 is 5.69 Å². The molecule has 1 aromatic rings. The first-order valence-electron chi connectivity index (χ1n) is 5.68. The van der Waals surface area contributed by atoms with E-state index in [-0.39, 0.29) is 0 Å². The highest BCUT2D eigenvalue weighted by atomic mass is 16.5. The van der Waals surface area contributed by atoms with Crippen LogP contribution >= 0.6 is 0 Å². The molecule has 0 amide bonds. The van der Waals surface area contributed by atoms with Crippen molar-refractivity contribution in [2.24, 2.45) is 5.73 Å². The van der Waals surface area contributed by atoms with E-state index < -0.39 is 5.54 Å². The third-order valence-electron chi connectivity index (χ3n) is 3.20. The summed E-state index contributed by atoms with van der Waals surface area (Å²) in [5, 5.41) is 9.04. The van der Waals surface area contributed by atoms with Gasteiger partial charge < -0.3 is 15.4 Å². The van der Waals surface area contributed by atoms with Crippen molar-refractivity contribution in [2.45, 2.75) is 18.9 Å². The fraction of sp³-hybridized carbons (Fsp3) is 0.462. The van der Waals surface area contributed by atoms with Crippen LogP contribution in [0.5, 0.6) is 5.75 Å². The van der Waals surface area contributed by atoms with Gasteiger partial charge in [-0.05, 0) is 31.0 Å². The third-order valence-corrected chi connectivity index (χ3v) is 3.20. The lowest BCUT2D eigenvalue weighted by Crippen LogP contribution is -2.41. The number of nitrogens with zero attached hydrogens (tertiary/aromatic N) is 2. The van der Waals surface area contributed by atoms with E-state index in [1.807, 2.05) is 19.1 Å². The lowest BCUT2D eigenvalue weighted by molar-refractivity contribution is 0.414. The van der Waals surface area contributed by atoms with E-state index >= 15 is 0 Å². The van der Waals surface area contributed by atoms with Crippen LogP contribution in [0.3, 0.4) is 0 Å². The molecule has 2 rings (SSSR count). The molecular formula is C13H17N3O. The minimum absolute atomic E-state index is 0.559. The summed E-state index contributed by atoms with van der Waals surface area (Å²) in [5.41, 5.74) is 7.44. The van der Waals surface area contributed by atoms with E-state index in [0.717, 1.165) is 18.0 Å². The first-order valence-corrected chi connectivity index (χ1v) is 5.68. The topological polar surface area (TPSA) is 62.3 Å². The van der Waals surface area contributed by atoms with Crippen LogP contribution in [0.1, 0.15) is 12.0 Å². The quantitative estimate of drug-likeness (QED) is 0.836. The highest BCUT2D eigenvalue weighted by Gasteiger charge is 2.35. The van der Waals surface area contributed by atoms with Gasteiger partial charge in [0, 0.05) is 13.1 Å². The minimum Gasteiger partial charge on any atom is -0.495 e. The van der Waals surface area contributed by atoms with Crippen molar-refractivity contribution < 1.29 is 4.74 Å². The molecule has 1 aromatic carbocycles. The SMILES string of the molecule is COc1ccc(C)cc1N1CCC(N)(C#N)C1. The maximum absolute atomic E-state index is 9.04. The van der Waals surface area contributed by atoms with Crippen LogP contribution in [0.4, 0.5) is 5.69 Å². The minimum atomic E-state index is -0.727. The monoisotopic (exact) mass is 231 g/mol. The Morgan fingerprint density at radius 2 is 2.29 bits per heavy atom. The predicted octanol–water partition coefficient (Wildman–Crippen LogP) is 1.43. The van der Waals surface area contributed by atoms with Gasteiger partial charge in [0.25, 0.3) is 0 Å². The summed E-state index contributed by atoms with van der Waals surface area (Å²) in [6.45, 7) is 3.40. The second-order valence-electron chi connectivity index (χ2n) is 4.61. The number of anilines is 1. The van der Waals surface area contributed by atoms with Gasteiger partial charge in [-0.2, -0.15) is 5.26 Å². The van der Waals surface area contributed by atoms with Crippen LogP contribution < -0.4 is 15.4 Å². The van der Waals surface area contributed by atoms with Crippen molar-refractivity contribution in [3.8, 4) is 11.8 Å². The number of nitrogens with two attached hydrogens (primary N) is 1. The van der Waals surface area contributed by atoms with Crippen molar-refractivity contribution in [1.29, 1.82) is 5.26 Å². The Balaban J connectivity index is 2.30. The molecule has 4 nitrogen and oxygen atoms in total. The molecule has 1 saturated heterocycles. The van der Waals surface area contributed by atoms with Crippen LogP contribution in [-0.2, 0) is 0 Å². The first-order chi connectivity index (χ1) is 8.08. The van der Waals surface area contributed by atoms with Gasteiger partial charge in [0.15, 0.2) is 0 Å². The van der Waals surface area contributed by atoms with Gasteiger partial charge in [-0.3, -0.25) is 0 Å². The average molecular weight is 231 g/mol. The highest BCUT2D eigenvalue weighted by molar-refractivity contribution is 5.61. The standard InChI is InChI=1S/C13H17N3O/c1-10-3-4-12(17-2)11(7-10)16-6-5-13(15,8-14)9-16/h3-4,7H,5-6,9,15H2,1-2H3. The Morgan fingerprint density at radius 1 is 1.53 bits per heavy atom. The van der Waals surface area contributed by atoms with Crippen molar-refractivity contribution in [3.05, 3.63) is 23.8 Å². The molecule has 1 unspecified atom stereocenters. The number of benzene rings is 1. The summed E-state index contributed by atoms with van der Waals surface area (Å²) in [6, 6.07) is 8.22. The Hall–Kier alpha value is -1.73. The van der Waals surface area contributed by atoms with Gasteiger partial charge in [0.1, 0.15) is 11.3 Å². The summed E-state index contributed by atoms with van der Waals surface area (Å²) in [7, 11) is 1.66. The van der Waals surface area contributed by atoms with Gasteiger partial charge >= 0.3 is 0 Å². The summed E-state index contributed by atoms with van der Waals surface area (Å²) in [4.78, 5) is 2.12. The molecular weight excluding hydrogens is 214 g/mol. The second-order valence-corrected chi connectivity index (χ2v) is 4.61. The maximum atomic E-state index is 9.04. The molecule has 0 bridgehead atoms. The zero-order valence-corrected chi connectivity index (χ0v) is 10.2. The maximum Gasteiger partial charge on any atom is 0.142 e. The number of rotatable bonds is 2. The zero-order valence-electron chi connectivity index (χ0n) is 10.2. The molecule has 17 heavy (non-hydrogen) atoms. The molecule has 90 valence electrons. The fourth-order valence-electron chi connectivity index (χ4n) is 2.18.